The van der Waals surface area contributed by atoms with Gasteiger partial charge in [-0.3, -0.25) is 9.59 Å². The van der Waals surface area contributed by atoms with Crippen LogP contribution in [0.2, 0.25) is 0 Å². The largest absolute Gasteiger partial charge is 0.481 e. The van der Waals surface area contributed by atoms with E-state index in [1.165, 1.54) is 0 Å². The summed E-state index contributed by atoms with van der Waals surface area (Å²) in [5, 5.41) is 11.8. The molecule has 98 valence electrons. The average Bonchev–Trinajstić information content (AvgIpc) is 2.63. The first-order valence-corrected chi connectivity index (χ1v) is 6.16. The van der Waals surface area contributed by atoms with E-state index >= 15 is 0 Å². The van der Waals surface area contributed by atoms with Gasteiger partial charge in [-0.25, -0.2) is 0 Å². The maximum Gasteiger partial charge on any atom is 0.305 e. The maximum atomic E-state index is 11.9. The molecule has 5 heteroatoms. The summed E-state index contributed by atoms with van der Waals surface area (Å²) in [6.07, 6.45) is 3.38. The Bertz CT molecular complexity index is 296. The zero-order valence-corrected chi connectivity index (χ0v) is 10.5. The zero-order valence-electron chi connectivity index (χ0n) is 10.5. The fourth-order valence-electron chi connectivity index (χ4n) is 2.33. The molecule has 17 heavy (non-hydrogen) atoms. The summed E-state index contributed by atoms with van der Waals surface area (Å²) in [4.78, 5) is 22.8. The molecule has 0 unspecified atom stereocenters. The lowest BCUT2D eigenvalue weighted by Gasteiger charge is -2.30. The molecular formula is C12H22N2O3. The molecule has 0 saturated heterocycles. The molecule has 1 aliphatic carbocycles. The van der Waals surface area contributed by atoms with Gasteiger partial charge in [0.05, 0.1) is 18.0 Å². The predicted octanol–water partition coefficient (Wildman–Crippen LogP) is 0.873. The number of carbonyl (C=O) groups excluding carboxylic acids is 1. The second kappa shape index (κ2) is 5.49. The van der Waals surface area contributed by atoms with Gasteiger partial charge in [-0.05, 0) is 18.8 Å². The van der Waals surface area contributed by atoms with Crippen molar-refractivity contribution in [2.24, 2.45) is 11.7 Å². The summed E-state index contributed by atoms with van der Waals surface area (Å²) >= 11 is 0. The maximum absolute atomic E-state index is 11.9. The fraction of sp³-hybridized carbons (Fsp3) is 0.833. The van der Waals surface area contributed by atoms with E-state index in [0.717, 1.165) is 25.7 Å². The van der Waals surface area contributed by atoms with E-state index in [1.54, 1.807) is 0 Å². The van der Waals surface area contributed by atoms with Crippen LogP contribution in [0.25, 0.3) is 0 Å². The van der Waals surface area contributed by atoms with Crippen molar-refractivity contribution >= 4 is 11.9 Å². The molecule has 1 amide bonds. The number of amides is 1. The Kier molecular flexibility index (Phi) is 4.51. The zero-order chi connectivity index (χ0) is 13.1. The van der Waals surface area contributed by atoms with Gasteiger partial charge >= 0.3 is 5.97 Å². The number of rotatable bonds is 5. The van der Waals surface area contributed by atoms with Gasteiger partial charge in [0.15, 0.2) is 0 Å². The van der Waals surface area contributed by atoms with Crippen LogP contribution in [0, 0.1) is 5.92 Å². The summed E-state index contributed by atoms with van der Waals surface area (Å²) in [5.74, 6) is -1.05. The second-order valence-corrected chi connectivity index (χ2v) is 5.32. The van der Waals surface area contributed by atoms with E-state index in [4.69, 9.17) is 10.8 Å². The lowest BCUT2D eigenvalue weighted by molar-refractivity contribution is -0.139. The molecule has 1 saturated carbocycles. The molecule has 0 aromatic heterocycles. The van der Waals surface area contributed by atoms with Crippen molar-refractivity contribution in [3.05, 3.63) is 0 Å². The number of nitrogens with two attached hydrogens (primary N) is 1. The smallest absolute Gasteiger partial charge is 0.305 e. The number of carboxylic acid groups (broad SMARTS) is 1. The van der Waals surface area contributed by atoms with Crippen LogP contribution in [0.4, 0.5) is 0 Å². The molecule has 1 aliphatic rings. The number of nitrogens with one attached hydrogen (secondary N) is 1. The summed E-state index contributed by atoms with van der Waals surface area (Å²) in [5.41, 5.74) is 5.19. The van der Waals surface area contributed by atoms with Crippen molar-refractivity contribution < 1.29 is 14.7 Å². The minimum Gasteiger partial charge on any atom is -0.481 e. The van der Waals surface area contributed by atoms with Crippen molar-refractivity contribution in [1.29, 1.82) is 0 Å². The summed E-state index contributed by atoms with van der Waals surface area (Å²) in [6.45, 7) is 3.76. The Hall–Kier alpha value is -1.10. The molecule has 1 rings (SSSR count). The molecular weight excluding hydrogens is 220 g/mol. The van der Waals surface area contributed by atoms with Gasteiger partial charge in [0, 0.05) is 0 Å². The highest BCUT2D eigenvalue weighted by molar-refractivity contribution is 5.83. The van der Waals surface area contributed by atoms with Crippen LogP contribution in [0.15, 0.2) is 0 Å². The molecule has 4 N–H and O–H groups in total. The van der Waals surface area contributed by atoms with E-state index in [9.17, 15) is 9.59 Å². The van der Waals surface area contributed by atoms with Crippen LogP contribution in [-0.2, 0) is 9.59 Å². The minimum atomic E-state index is -0.870. The number of aliphatic carboxylic acids is 1. The molecule has 0 bridgehead atoms. The van der Waals surface area contributed by atoms with Crippen molar-refractivity contribution in [3.63, 3.8) is 0 Å². The monoisotopic (exact) mass is 242 g/mol. The first-order valence-electron chi connectivity index (χ1n) is 6.16. The summed E-state index contributed by atoms with van der Waals surface area (Å²) < 4.78 is 0. The molecule has 0 spiro atoms. The average molecular weight is 242 g/mol. The SMILES string of the molecule is CC(C)[C@H](N)C(=O)NC1(CC(=O)O)CCCC1. The van der Waals surface area contributed by atoms with Crippen molar-refractivity contribution in [1.82, 2.24) is 5.32 Å². The summed E-state index contributed by atoms with van der Waals surface area (Å²) in [7, 11) is 0. The number of carboxylic acids is 1. The Balaban J connectivity index is 2.67. The lowest BCUT2D eigenvalue weighted by atomic mass is 9.92. The molecule has 1 atom stereocenters. The van der Waals surface area contributed by atoms with Gasteiger partial charge in [-0.2, -0.15) is 0 Å². The first kappa shape index (κ1) is 14.0. The van der Waals surface area contributed by atoms with E-state index in [2.05, 4.69) is 5.32 Å². The highest BCUT2D eigenvalue weighted by Crippen LogP contribution is 2.32. The van der Waals surface area contributed by atoms with E-state index in [0.29, 0.717) is 0 Å². The molecule has 0 aromatic carbocycles. The highest BCUT2D eigenvalue weighted by Gasteiger charge is 2.38. The van der Waals surface area contributed by atoms with E-state index in [-0.39, 0.29) is 18.2 Å². The molecule has 0 heterocycles. The number of hydrogen-bond acceptors (Lipinski definition) is 3. The lowest BCUT2D eigenvalue weighted by Crippen LogP contribution is -2.54. The third kappa shape index (κ3) is 3.70. The van der Waals surface area contributed by atoms with E-state index in [1.807, 2.05) is 13.8 Å². The first-order chi connectivity index (χ1) is 7.86. The number of hydrogen-bond donors (Lipinski definition) is 3. The Morgan fingerprint density at radius 1 is 1.35 bits per heavy atom. The van der Waals surface area contributed by atoms with Gasteiger partial charge in [0.1, 0.15) is 0 Å². The van der Waals surface area contributed by atoms with E-state index < -0.39 is 17.6 Å². The minimum absolute atomic E-state index is 0.0104. The Labute approximate surface area is 102 Å². The summed E-state index contributed by atoms with van der Waals surface area (Å²) in [6, 6.07) is -0.568. The van der Waals surface area contributed by atoms with Crippen molar-refractivity contribution in [3.8, 4) is 0 Å². The highest BCUT2D eigenvalue weighted by atomic mass is 16.4. The Morgan fingerprint density at radius 2 is 1.88 bits per heavy atom. The third-order valence-corrected chi connectivity index (χ3v) is 3.46. The van der Waals surface area contributed by atoms with Crippen LogP contribution in [0.5, 0.6) is 0 Å². The van der Waals surface area contributed by atoms with Crippen molar-refractivity contribution in [2.45, 2.75) is 57.5 Å². The van der Waals surface area contributed by atoms with Crippen LogP contribution >= 0.6 is 0 Å². The van der Waals surface area contributed by atoms with Gasteiger partial charge in [0.25, 0.3) is 0 Å². The van der Waals surface area contributed by atoms with Crippen LogP contribution in [0.1, 0.15) is 46.0 Å². The molecule has 0 radical (unpaired) electrons. The molecule has 1 fully saturated rings. The topological polar surface area (TPSA) is 92.4 Å². The quantitative estimate of drug-likeness (QED) is 0.667. The standard InChI is InChI=1S/C12H22N2O3/c1-8(2)10(13)11(17)14-12(7-9(15)16)5-3-4-6-12/h8,10H,3-7,13H2,1-2H3,(H,14,17)(H,15,16)/t10-/m0/s1. The van der Waals surface area contributed by atoms with Crippen LogP contribution in [-0.4, -0.2) is 28.6 Å². The molecule has 5 nitrogen and oxygen atoms in total. The second-order valence-electron chi connectivity index (χ2n) is 5.32. The van der Waals surface area contributed by atoms with Gasteiger partial charge in [-0.1, -0.05) is 26.7 Å². The normalized spacial score (nSPS) is 20.2. The number of carbonyl (C=O) groups is 2. The predicted molar refractivity (Wildman–Crippen MR) is 64.4 cm³/mol. The third-order valence-electron chi connectivity index (χ3n) is 3.46. The van der Waals surface area contributed by atoms with Gasteiger partial charge < -0.3 is 16.2 Å². The van der Waals surface area contributed by atoms with Crippen molar-refractivity contribution in [2.75, 3.05) is 0 Å². The van der Waals surface area contributed by atoms with Gasteiger partial charge in [-0.15, -0.1) is 0 Å². The molecule has 0 aliphatic heterocycles. The molecule has 0 aromatic rings. The van der Waals surface area contributed by atoms with Crippen LogP contribution in [0.3, 0.4) is 0 Å². The van der Waals surface area contributed by atoms with Gasteiger partial charge in [0.2, 0.25) is 5.91 Å². The van der Waals surface area contributed by atoms with Crippen LogP contribution < -0.4 is 11.1 Å². The Morgan fingerprint density at radius 3 is 2.29 bits per heavy atom. The fourth-order valence-corrected chi connectivity index (χ4v) is 2.33.